The Kier molecular flexibility index (Phi) is 7.67. The summed E-state index contributed by atoms with van der Waals surface area (Å²) in [7, 11) is 0. The average Bonchev–Trinajstić information content (AvgIpc) is 3.11. The number of hydrogen-bond donors (Lipinski definition) is 2. The number of carbonyl (C=O) groups excluding carboxylic acids is 1. The van der Waals surface area contributed by atoms with Crippen molar-refractivity contribution in [2.24, 2.45) is 5.92 Å². The molecule has 2 aromatic carbocycles. The van der Waals surface area contributed by atoms with Gasteiger partial charge in [-0.05, 0) is 56.8 Å². The van der Waals surface area contributed by atoms with Crippen LogP contribution in [0.1, 0.15) is 47.6 Å². The Bertz CT molecular complexity index is 680. The summed E-state index contributed by atoms with van der Waals surface area (Å²) < 4.78 is 0. The number of hydrogen-bond acceptors (Lipinski definition) is 2. The van der Waals surface area contributed by atoms with Gasteiger partial charge in [0.25, 0.3) is 0 Å². The molecule has 1 heterocycles. The van der Waals surface area contributed by atoms with Crippen LogP contribution in [-0.2, 0) is 4.79 Å². The summed E-state index contributed by atoms with van der Waals surface area (Å²) >= 11 is 0. The molecule has 1 atom stereocenters. The zero-order valence-corrected chi connectivity index (χ0v) is 16.4. The van der Waals surface area contributed by atoms with Gasteiger partial charge in [0.05, 0.1) is 6.04 Å². The smallest absolute Gasteiger partial charge is 0.220 e. The zero-order chi connectivity index (χ0) is 17.6. The van der Waals surface area contributed by atoms with Crippen LogP contribution in [0.25, 0.3) is 0 Å². The largest absolute Gasteiger partial charge is 0.345 e. The van der Waals surface area contributed by atoms with Crippen LogP contribution in [0, 0.1) is 19.8 Å². The monoisotopic (exact) mass is 372 g/mol. The third-order valence-corrected chi connectivity index (χ3v) is 5.00. The van der Waals surface area contributed by atoms with Crippen LogP contribution < -0.4 is 10.6 Å². The quantitative estimate of drug-likeness (QED) is 0.792. The van der Waals surface area contributed by atoms with Gasteiger partial charge in [-0.1, -0.05) is 59.7 Å². The molecule has 0 bridgehead atoms. The first-order chi connectivity index (χ1) is 12.1. The normalized spacial score (nSPS) is 16.3. The van der Waals surface area contributed by atoms with Gasteiger partial charge in [0, 0.05) is 6.42 Å². The van der Waals surface area contributed by atoms with Crippen molar-refractivity contribution < 1.29 is 4.79 Å². The minimum Gasteiger partial charge on any atom is -0.345 e. The maximum absolute atomic E-state index is 12.6. The minimum absolute atomic E-state index is 0. The fourth-order valence-corrected chi connectivity index (χ4v) is 3.59. The van der Waals surface area contributed by atoms with Gasteiger partial charge in [-0.2, -0.15) is 0 Å². The molecular formula is C22H29ClN2O. The van der Waals surface area contributed by atoms with Gasteiger partial charge in [0.1, 0.15) is 0 Å². The first-order valence-electron chi connectivity index (χ1n) is 9.25. The van der Waals surface area contributed by atoms with Gasteiger partial charge < -0.3 is 10.6 Å². The summed E-state index contributed by atoms with van der Waals surface area (Å²) in [4.78, 5) is 12.6. The Morgan fingerprint density at radius 2 is 1.73 bits per heavy atom. The van der Waals surface area contributed by atoms with Crippen molar-refractivity contribution in [1.29, 1.82) is 0 Å². The van der Waals surface area contributed by atoms with Crippen LogP contribution in [0.5, 0.6) is 0 Å². The van der Waals surface area contributed by atoms with Gasteiger partial charge in [-0.3, -0.25) is 4.79 Å². The fourth-order valence-electron chi connectivity index (χ4n) is 3.59. The molecule has 0 radical (unpaired) electrons. The molecule has 0 aliphatic carbocycles. The summed E-state index contributed by atoms with van der Waals surface area (Å²) in [5.74, 6) is 0.780. The van der Waals surface area contributed by atoms with Crippen LogP contribution in [0.3, 0.4) is 0 Å². The van der Waals surface area contributed by atoms with E-state index in [-0.39, 0.29) is 24.4 Å². The van der Waals surface area contributed by atoms with Crippen LogP contribution in [0.4, 0.5) is 0 Å². The Morgan fingerprint density at radius 1 is 1.12 bits per heavy atom. The average molecular weight is 373 g/mol. The number of halogens is 1. The fraction of sp³-hybridized carbons (Fsp3) is 0.409. The molecule has 2 N–H and O–H groups in total. The second-order valence-electron chi connectivity index (χ2n) is 7.23. The highest BCUT2D eigenvalue weighted by molar-refractivity contribution is 5.85. The number of carbonyl (C=O) groups is 1. The number of aryl methyl sites for hydroxylation is 2. The molecule has 4 heteroatoms. The van der Waals surface area contributed by atoms with E-state index in [1.54, 1.807) is 0 Å². The SMILES string of the molecule is Cc1cccc(C(NC(=O)CCC2CCNC2)c2cccc(C)c2)c1.Cl. The molecule has 1 aliphatic heterocycles. The third-order valence-electron chi connectivity index (χ3n) is 5.00. The second-order valence-corrected chi connectivity index (χ2v) is 7.23. The van der Waals surface area contributed by atoms with Gasteiger partial charge in [-0.25, -0.2) is 0 Å². The Morgan fingerprint density at radius 3 is 2.23 bits per heavy atom. The summed E-state index contributed by atoms with van der Waals surface area (Å²) in [5, 5.41) is 6.64. The standard InChI is InChI=1S/C22H28N2O.ClH/c1-16-5-3-7-19(13-16)22(20-8-4-6-17(2)14-20)24-21(25)10-9-18-11-12-23-15-18;/h3-8,13-14,18,22-23H,9-12,15H2,1-2H3,(H,24,25);1H. The minimum atomic E-state index is -0.0889. The molecule has 0 saturated carbocycles. The maximum Gasteiger partial charge on any atom is 0.220 e. The molecule has 1 unspecified atom stereocenters. The summed E-state index contributed by atoms with van der Waals surface area (Å²) in [6, 6.07) is 16.7. The van der Waals surface area contributed by atoms with Crippen molar-refractivity contribution in [3.63, 3.8) is 0 Å². The van der Waals surface area contributed by atoms with E-state index in [1.165, 1.54) is 17.5 Å². The summed E-state index contributed by atoms with van der Waals surface area (Å²) in [6.45, 7) is 6.31. The lowest BCUT2D eigenvalue weighted by atomic mass is 9.95. The van der Waals surface area contributed by atoms with E-state index >= 15 is 0 Å². The van der Waals surface area contributed by atoms with Crippen molar-refractivity contribution in [3.05, 3.63) is 70.8 Å². The molecule has 140 valence electrons. The molecule has 3 rings (SSSR count). The number of amides is 1. The van der Waals surface area contributed by atoms with E-state index in [0.29, 0.717) is 12.3 Å². The summed E-state index contributed by atoms with van der Waals surface area (Å²) in [5.41, 5.74) is 4.70. The number of benzene rings is 2. The molecule has 1 aliphatic rings. The Labute approximate surface area is 163 Å². The van der Waals surface area contributed by atoms with Gasteiger partial charge >= 0.3 is 0 Å². The van der Waals surface area contributed by atoms with Crippen LogP contribution in [0.2, 0.25) is 0 Å². The number of nitrogens with one attached hydrogen (secondary N) is 2. The topological polar surface area (TPSA) is 41.1 Å². The van der Waals surface area contributed by atoms with Gasteiger partial charge in [0.2, 0.25) is 5.91 Å². The van der Waals surface area contributed by atoms with Crippen molar-refractivity contribution in [1.82, 2.24) is 10.6 Å². The van der Waals surface area contributed by atoms with Crippen molar-refractivity contribution in [2.75, 3.05) is 13.1 Å². The van der Waals surface area contributed by atoms with Crippen LogP contribution in [-0.4, -0.2) is 19.0 Å². The Balaban J connectivity index is 0.00000243. The number of rotatable bonds is 6. The maximum atomic E-state index is 12.6. The van der Waals surface area contributed by atoms with E-state index < -0.39 is 0 Å². The lowest BCUT2D eigenvalue weighted by Gasteiger charge is -2.21. The van der Waals surface area contributed by atoms with E-state index in [4.69, 9.17) is 0 Å². The molecule has 26 heavy (non-hydrogen) atoms. The van der Waals surface area contributed by atoms with E-state index in [0.717, 1.165) is 30.6 Å². The lowest BCUT2D eigenvalue weighted by Crippen LogP contribution is -2.29. The third kappa shape index (κ3) is 5.58. The predicted octanol–water partition coefficient (Wildman–Crippen LogP) is 4.32. The van der Waals surface area contributed by atoms with Crippen LogP contribution >= 0.6 is 12.4 Å². The molecule has 2 aromatic rings. The first kappa shape index (κ1) is 20.5. The highest BCUT2D eigenvalue weighted by Gasteiger charge is 2.19. The van der Waals surface area contributed by atoms with Gasteiger partial charge in [-0.15, -0.1) is 12.4 Å². The second kappa shape index (κ2) is 9.75. The highest BCUT2D eigenvalue weighted by atomic mass is 35.5. The zero-order valence-electron chi connectivity index (χ0n) is 15.6. The van der Waals surface area contributed by atoms with Crippen molar-refractivity contribution >= 4 is 18.3 Å². The molecule has 1 fully saturated rings. The Hall–Kier alpha value is -1.84. The lowest BCUT2D eigenvalue weighted by molar-refractivity contribution is -0.121. The molecule has 0 aromatic heterocycles. The van der Waals surface area contributed by atoms with E-state index in [9.17, 15) is 4.79 Å². The molecule has 1 saturated heterocycles. The molecular weight excluding hydrogens is 344 g/mol. The highest BCUT2D eigenvalue weighted by Crippen LogP contribution is 2.24. The molecule has 3 nitrogen and oxygen atoms in total. The first-order valence-corrected chi connectivity index (χ1v) is 9.25. The van der Waals surface area contributed by atoms with Crippen molar-refractivity contribution in [2.45, 2.75) is 39.2 Å². The molecule has 1 amide bonds. The van der Waals surface area contributed by atoms with Crippen molar-refractivity contribution in [3.8, 4) is 0 Å². The van der Waals surface area contributed by atoms with Gasteiger partial charge in [0.15, 0.2) is 0 Å². The van der Waals surface area contributed by atoms with E-state index in [2.05, 4.69) is 73.0 Å². The van der Waals surface area contributed by atoms with Crippen LogP contribution in [0.15, 0.2) is 48.5 Å². The molecule has 0 spiro atoms. The summed E-state index contributed by atoms with van der Waals surface area (Å²) in [6.07, 6.45) is 2.75. The van der Waals surface area contributed by atoms with E-state index in [1.807, 2.05) is 0 Å². The predicted molar refractivity (Wildman–Crippen MR) is 110 cm³/mol.